The number of fused-ring (bicyclic) bond motifs is 1. The first-order valence-corrected chi connectivity index (χ1v) is 9.10. The van der Waals surface area contributed by atoms with Crippen LogP contribution in [0.25, 0.3) is 11.2 Å². The Bertz CT molecular complexity index is 889. The van der Waals surface area contributed by atoms with Crippen molar-refractivity contribution in [3.63, 3.8) is 0 Å². The van der Waals surface area contributed by atoms with Crippen molar-refractivity contribution >= 4 is 28.9 Å². The molecule has 0 aliphatic carbocycles. The maximum atomic E-state index is 12.4. The van der Waals surface area contributed by atoms with E-state index in [1.165, 1.54) is 17.2 Å². The van der Waals surface area contributed by atoms with Gasteiger partial charge in [-0.15, -0.1) is 0 Å². The van der Waals surface area contributed by atoms with Crippen LogP contribution in [0.3, 0.4) is 0 Å². The molecule has 2 aromatic heterocycles. The van der Waals surface area contributed by atoms with Crippen LogP contribution in [0, 0.1) is 0 Å². The van der Waals surface area contributed by atoms with Gasteiger partial charge in [-0.2, -0.15) is 0 Å². The fourth-order valence-corrected chi connectivity index (χ4v) is 3.24. The third-order valence-corrected chi connectivity index (χ3v) is 4.79. The number of nitrogen functional groups attached to an aromatic ring is 1. The van der Waals surface area contributed by atoms with Gasteiger partial charge in [0.15, 0.2) is 23.8 Å². The summed E-state index contributed by atoms with van der Waals surface area (Å²) in [5.41, 5.74) is 17.6. The van der Waals surface area contributed by atoms with Crippen LogP contribution in [0.2, 0.25) is 0 Å². The summed E-state index contributed by atoms with van der Waals surface area (Å²) in [5.74, 6) is -1.79. The van der Waals surface area contributed by atoms with Gasteiger partial charge in [-0.1, -0.05) is 6.42 Å². The van der Waals surface area contributed by atoms with Crippen LogP contribution in [-0.2, 0) is 14.3 Å². The molecule has 3 heterocycles. The molecule has 0 spiro atoms. The van der Waals surface area contributed by atoms with Gasteiger partial charge in [0.25, 0.3) is 0 Å². The molecule has 1 aliphatic rings. The van der Waals surface area contributed by atoms with Gasteiger partial charge in [0, 0.05) is 0 Å². The number of aromatic nitrogens is 4. The predicted octanol–water partition coefficient (Wildman–Crippen LogP) is -2.31. The maximum absolute atomic E-state index is 12.4. The summed E-state index contributed by atoms with van der Waals surface area (Å²) in [6.45, 7) is 0.485. The molecule has 0 bridgehead atoms. The number of ether oxygens (including phenoxy) is 1. The van der Waals surface area contributed by atoms with Crippen molar-refractivity contribution in [1.82, 2.24) is 24.8 Å². The number of amides is 1. The second-order valence-corrected chi connectivity index (χ2v) is 6.78. The Morgan fingerprint density at radius 3 is 2.76 bits per heavy atom. The van der Waals surface area contributed by atoms with E-state index in [9.17, 15) is 19.8 Å². The summed E-state index contributed by atoms with van der Waals surface area (Å²) in [7, 11) is 0. The van der Waals surface area contributed by atoms with Crippen molar-refractivity contribution in [2.45, 2.75) is 49.8 Å². The highest BCUT2D eigenvalue weighted by Gasteiger charge is 2.49. The molecular formula is C16H24N8O5. The number of aliphatic carboxylic acids is 1. The van der Waals surface area contributed by atoms with E-state index in [1.54, 1.807) is 0 Å². The zero-order chi connectivity index (χ0) is 21.1. The van der Waals surface area contributed by atoms with Gasteiger partial charge in [0.1, 0.15) is 17.9 Å². The normalized spacial score (nSPS) is 25.2. The lowest BCUT2D eigenvalue weighted by atomic mass is 10.0. The second-order valence-electron chi connectivity index (χ2n) is 6.78. The molecule has 0 aromatic carbocycles. The van der Waals surface area contributed by atoms with E-state index < -0.39 is 42.4 Å². The Labute approximate surface area is 165 Å². The lowest BCUT2D eigenvalue weighted by Crippen LogP contribution is -2.54. The van der Waals surface area contributed by atoms with Crippen LogP contribution in [-0.4, -0.2) is 72.4 Å². The smallest absolute Gasteiger partial charge is 0.335 e. The SMILES string of the molecule is NCCCC[C@H](N)C(=O)N[C@H]1[C@@H](O)[C@H](n2cnc3c(N)ncnc32)O[C@@H]1C(=O)O. The first-order valence-electron chi connectivity index (χ1n) is 9.10. The zero-order valence-electron chi connectivity index (χ0n) is 15.5. The van der Waals surface area contributed by atoms with Gasteiger partial charge >= 0.3 is 5.97 Å². The topological polar surface area (TPSA) is 218 Å². The van der Waals surface area contributed by atoms with Crippen LogP contribution < -0.4 is 22.5 Å². The third-order valence-electron chi connectivity index (χ3n) is 4.79. The van der Waals surface area contributed by atoms with Crippen LogP contribution >= 0.6 is 0 Å². The van der Waals surface area contributed by atoms with E-state index in [0.717, 1.165) is 0 Å². The number of carbonyl (C=O) groups excluding carboxylic acids is 1. The number of rotatable bonds is 8. The Hall–Kier alpha value is -2.87. The Balaban J connectivity index is 1.80. The van der Waals surface area contributed by atoms with Crippen molar-refractivity contribution in [1.29, 1.82) is 0 Å². The van der Waals surface area contributed by atoms with E-state index >= 15 is 0 Å². The van der Waals surface area contributed by atoms with E-state index in [0.29, 0.717) is 25.8 Å². The number of hydrogen-bond donors (Lipinski definition) is 6. The summed E-state index contributed by atoms with van der Waals surface area (Å²) < 4.78 is 6.87. The maximum Gasteiger partial charge on any atom is 0.335 e. The molecule has 1 amide bonds. The van der Waals surface area contributed by atoms with Gasteiger partial charge in [0.2, 0.25) is 5.91 Å². The summed E-state index contributed by atoms with van der Waals surface area (Å²) >= 11 is 0. The van der Waals surface area contributed by atoms with E-state index in [4.69, 9.17) is 21.9 Å². The highest BCUT2D eigenvalue weighted by molar-refractivity contribution is 5.84. The second kappa shape index (κ2) is 8.65. The van der Waals surface area contributed by atoms with Gasteiger partial charge in [0.05, 0.1) is 18.4 Å². The fraction of sp³-hybridized carbons (Fsp3) is 0.562. The standard InChI is InChI=1S/C16H24N8O5/c17-4-2-1-3-7(18)14(26)23-8-10(25)15(29-11(8)16(27)28)24-6-22-9-12(19)20-5-21-13(9)24/h5-8,10-11,15,25H,1-4,17-18H2,(H,23,26)(H,27,28)(H2,19,20,21)/t7-,8-,10+,11-,15+/m0/s1. The third kappa shape index (κ3) is 4.12. The number of hydrogen-bond acceptors (Lipinski definition) is 10. The van der Waals surface area contributed by atoms with E-state index in [2.05, 4.69) is 20.3 Å². The molecule has 9 N–H and O–H groups in total. The van der Waals surface area contributed by atoms with E-state index in [1.807, 2.05) is 0 Å². The number of nitrogens with two attached hydrogens (primary N) is 3. The summed E-state index contributed by atoms with van der Waals surface area (Å²) in [6, 6.07) is -2.08. The minimum absolute atomic E-state index is 0.129. The molecule has 5 atom stereocenters. The van der Waals surface area contributed by atoms with Crippen molar-refractivity contribution in [2.75, 3.05) is 12.3 Å². The number of aliphatic hydroxyl groups excluding tert-OH is 1. The van der Waals surface area contributed by atoms with Crippen LogP contribution in [0.4, 0.5) is 5.82 Å². The monoisotopic (exact) mass is 408 g/mol. The Kier molecular flexibility index (Phi) is 6.22. The molecule has 2 aromatic rings. The molecule has 13 nitrogen and oxygen atoms in total. The zero-order valence-corrected chi connectivity index (χ0v) is 15.5. The quantitative estimate of drug-likeness (QED) is 0.255. The van der Waals surface area contributed by atoms with Crippen molar-refractivity contribution in [2.24, 2.45) is 11.5 Å². The number of unbranched alkanes of at least 4 members (excludes halogenated alkanes) is 1. The molecule has 0 radical (unpaired) electrons. The lowest BCUT2D eigenvalue weighted by molar-refractivity contribution is -0.152. The molecule has 0 unspecified atom stereocenters. The predicted molar refractivity (Wildman–Crippen MR) is 100 cm³/mol. The molecule has 0 saturated carbocycles. The van der Waals surface area contributed by atoms with Crippen LogP contribution in [0.1, 0.15) is 25.5 Å². The number of carbonyl (C=O) groups is 2. The number of carboxylic acid groups (broad SMARTS) is 1. The molecule has 158 valence electrons. The van der Waals surface area contributed by atoms with Crippen molar-refractivity contribution in [3.8, 4) is 0 Å². The molecule has 29 heavy (non-hydrogen) atoms. The van der Waals surface area contributed by atoms with Gasteiger partial charge in [-0.05, 0) is 19.4 Å². The molecule has 1 saturated heterocycles. The Morgan fingerprint density at radius 1 is 1.31 bits per heavy atom. The first-order chi connectivity index (χ1) is 13.8. The summed E-state index contributed by atoms with van der Waals surface area (Å²) in [5, 5.41) is 22.7. The van der Waals surface area contributed by atoms with Gasteiger partial charge in [-0.25, -0.2) is 19.7 Å². The first kappa shape index (κ1) is 20.9. The van der Waals surface area contributed by atoms with Crippen molar-refractivity contribution in [3.05, 3.63) is 12.7 Å². The van der Waals surface area contributed by atoms with Crippen molar-refractivity contribution < 1.29 is 24.5 Å². The molecule has 3 rings (SSSR count). The fourth-order valence-electron chi connectivity index (χ4n) is 3.24. The van der Waals surface area contributed by atoms with Crippen LogP contribution in [0.5, 0.6) is 0 Å². The average molecular weight is 408 g/mol. The van der Waals surface area contributed by atoms with E-state index in [-0.39, 0.29) is 17.0 Å². The number of nitrogens with one attached hydrogen (secondary N) is 1. The summed E-state index contributed by atoms with van der Waals surface area (Å²) in [4.78, 5) is 36.0. The number of nitrogens with zero attached hydrogens (tertiary/aromatic N) is 4. The van der Waals surface area contributed by atoms with Gasteiger partial charge in [-0.3, -0.25) is 9.36 Å². The Morgan fingerprint density at radius 2 is 2.07 bits per heavy atom. The molecule has 1 aliphatic heterocycles. The largest absolute Gasteiger partial charge is 0.479 e. The van der Waals surface area contributed by atoms with Crippen LogP contribution in [0.15, 0.2) is 12.7 Å². The summed E-state index contributed by atoms with van der Waals surface area (Å²) in [6.07, 6.45) is 0.231. The van der Waals surface area contributed by atoms with Gasteiger partial charge < -0.3 is 37.5 Å². The molecule has 13 heteroatoms. The highest BCUT2D eigenvalue weighted by Crippen LogP contribution is 2.32. The number of anilines is 1. The number of carboxylic acids is 1. The highest BCUT2D eigenvalue weighted by atomic mass is 16.6. The minimum Gasteiger partial charge on any atom is -0.479 e. The molecule has 1 fully saturated rings. The average Bonchev–Trinajstić information content (AvgIpc) is 3.24. The number of aliphatic hydroxyl groups is 1. The minimum atomic E-state index is -1.49. The lowest BCUT2D eigenvalue weighted by Gasteiger charge is -2.22. The number of imidazole rings is 1. The molecular weight excluding hydrogens is 384 g/mol.